The highest BCUT2D eigenvalue weighted by atomic mass is 16.6. The van der Waals surface area contributed by atoms with Crippen LogP contribution in [-0.2, 0) is 0 Å². The summed E-state index contributed by atoms with van der Waals surface area (Å²) in [6.07, 6.45) is 1.10. The third kappa shape index (κ3) is 4.18. The lowest BCUT2D eigenvalue weighted by atomic mass is 10.2. The van der Waals surface area contributed by atoms with E-state index in [2.05, 4.69) is 10.3 Å². The second-order valence-corrected chi connectivity index (χ2v) is 4.46. The average Bonchev–Trinajstić information content (AvgIpc) is 2.27. The van der Waals surface area contributed by atoms with Crippen molar-refractivity contribution in [3.63, 3.8) is 0 Å². The molecule has 104 valence electrons. The van der Waals surface area contributed by atoms with Crippen molar-refractivity contribution in [3.8, 4) is 0 Å². The van der Waals surface area contributed by atoms with E-state index in [1.807, 2.05) is 25.9 Å². The van der Waals surface area contributed by atoms with Crippen molar-refractivity contribution in [1.29, 1.82) is 0 Å². The molecule has 8 heteroatoms. The van der Waals surface area contributed by atoms with Gasteiger partial charge in [0.25, 0.3) is 0 Å². The molecule has 0 bridgehead atoms. The fourth-order valence-corrected chi connectivity index (χ4v) is 1.65. The summed E-state index contributed by atoms with van der Waals surface area (Å²) in [4.78, 5) is 26.8. The lowest BCUT2D eigenvalue weighted by Gasteiger charge is -2.18. The van der Waals surface area contributed by atoms with E-state index < -0.39 is 10.9 Å². The molecule has 0 saturated heterocycles. The fourth-order valence-electron chi connectivity index (χ4n) is 1.65. The van der Waals surface area contributed by atoms with Gasteiger partial charge in [-0.2, -0.15) is 0 Å². The highest BCUT2D eigenvalue weighted by Gasteiger charge is 2.20. The third-order valence-electron chi connectivity index (χ3n) is 2.33. The Morgan fingerprint density at radius 1 is 1.63 bits per heavy atom. The number of carboxylic acids is 1. The number of aromatic nitrogens is 1. The van der Waals surface area contributed by atoms with Crippen LogP contribution in [0.2, 0.25) is 0 Å². The summed E-state index contributed by atoms with van der Waals surface area (Å²) in [5, 5.41) is 22.6. The number of carbonyl (C=O) groups is 1. The molecule has 0 amide bonds. The minimum absolute atomic E-state index is 0.0584. The molecule has 1 aromatic heterocycles. The van der Waals surface area contributed by atoms with E-state index >= 15 is 0 Å². The molecule has 1 rings (SSSR count). The van der Waals surface area contributed by atoms with E-state index in [1.54, 1.807) is 0 Å². The minimum atomic E-state index is -1.25. The normalized spacial score (nSPS) is 12.2. The zero-order valence-electron chi connectivity index (χ0n) is 11.0. The van der Waals surface area contributed by atoms with Crippen molar-refractivity contribution in [2.24, 2.45) is 0 Å². The fraction of sp³-hybridized carbons (Fsp3) is 0.455. The number of anilines is 1. The molecular formula is C11H16N4O4. The van der Waals surface area contributed by atoms with E-state index in [9.17, 15) is 14.9 Å². The maximum atomic E-state index is 10.9. The smallest absolute Gasteiger partial charge is 0.337 e. The van der Waals surface area contributed by atoms with E-state index in [0.717, 1.165) is 12.3 Å². The first kappa shape index (κ1) is 14.8. The van der Waals surface area contributed by atoms with Crippen molar-refractivity contribution < 1.29 is 14.8 Å². The van der Waals surface area contributed by atoms with Crippen LogP contribution in [0, 0.1) is 10.1 Å². The molecule has 0 saturated carbocycles. The third-order valence-corrected chi connectivity index (χ3v) is 2.33. The number of pyridine rings is 1. The number of likely N-dealkylation sites (N-methyl/N-ethyl adjacent to an activating group) is 1. The molecule has 1 atom stereocenters. The Morgan fingerprint density at radius 3 is 2.74 bits per heavy atom. The number of nitrogens with zero attached hydrogens (tertiary/aromatic N) is 3. The van der Waals surface area contributed by atoms with E-state index in [0.29, 0.717) is 6.54 Å². The van der Waals surface area contributed by atoms with Crippen LogP contribution in [0.4, 0.5) is 11.5 Å². The van der Waals surface area contributed by atoms with Crippen LogP contribution in [-0.4, -0.2) is 52.6 Å². The maximum absolute atomic E-state index is 10.9. The zero-order chi connectivity index (χ0) is 14.6. The Bertz CT molecular complexity index is 490. The number of hydrogen-bond acceptors (Lipinski definition) is 6. The number of hydrogen-bond donors (Lipinski definition) is 2. The number of rotatable bonds is 6. The summed E-state index contributed by atoms with van der Waals surface area (Å²) in [7, 11) is 3.76. The van der Waals surface area contributed by atoms with E-state index in [-0.39, 0.29) is 23.1 Å². The van der Waals surface area contributed by atoms with Gasteiger partial charge in [0.05, 0.1) is 10.5 Å². The number of nitro groups is 1. The highest BCUT2D eigenvalue weighted by molar-refractivity contribution is 5.88. The Hall–Kier alpha value is -2.22. The summed E-state index contributed by atoms with van der Waals surface area (Å²) in [6.45, 7) is 2.52. The molecule has 1 heterocycles. The zero-order valence-corrected chi connectivity index (χ0v) is 11.0. The molecular weight excluding hydrogens is 252 g/mol. The van der Waals surface area contributed by atoms with Crippen LogP contribution < -0.4 is 5.32 Å². The predicted octanol–water partition coefficient (Wildman–Crippen LogP) is 1.05. The quantitative estimate of drug-likeness (QED) is 0.586. The minimum Gasteiger partial charge on any atom is -0.478 e. The number of nitrogens with one attached hydrogen (secondary N) is 1. The lowest BCUT2D eigenvalue weighted by molar-refractivity contribution is -0.384. The van der Waals surface area contributed by atoms with Crippen molar-refractivity contribution in [3.05, 3.63) is 27.9 Å². The van der Waals surface area contributed by atoms with Crippen LogP contribution in [0.3, 0.4) is 0 Å². The summed E-state index contributed by atoms with van der Waals surface area (Å²) >= 11 is 0. The largest absolute Gasteiger partial charge is 0.478 e. The van der Waals surface area contributed by atoms with Gasteiger partial charge < -0.3 is 15.3 Å². The Kier molecular flexibility index (Phi) is 4.76. The first-order valence-corrected chi connectivity index (χ1v) is 5.60. The standard InChI is InChI=1S/C11H16N4O4/c1-7(6-14(2)3)13-10-9(15(18)19)4-8(5-12-10)11(16)17/h4-5,7H,6H2,1-3H3,(H,12,13)(H,16,17). The van der Waals surface area contributed by atoms with Gasteiger partial charge in [0.1, 0.15) is 0 Å². The monoisotopic (exact) mass is 268 g/mol. The predicted molar refractivity (Wildman–Crippen MR) is 69.5 cm³/mol. The summed E-state index contributed by atoms with van der Waals surface area (Å²) in [5.74, 6) is -1.17. The van der Waals surface area contributed by atoms with Crippen LogP contribution in [0.25, 0.3) is 0 Å². The van der Waals surface area contributed by atoms with Crippen LogP contribution in [0.15, 0.2) is 12.3 Å². The van der Waals surface area contributed by atoms with Gasteiger partial charge in [-0.3, -0.25) is 10.1 Å². The average molecular weight is 268 g/mol. The van der Waals surface area contributed by atoms with Gasteiger partial charge in [0, 0.05) is 24.8 Å². The number of aromatic carboxylic acids is 1. The lowest BCUT2D eigenvalue weighted by Crippen LogP contribution is -2.30. The first-order chi connectivity index (χ1) is 8.81. The first-order valence-electron chi connectivity index (χ1n) is 5.60. The van der Waals surface area contributed by atoms with Crippen molar-refractivity contribution in [2.75, 3.05) is 26.0 Å². The van der Waals surface area contributed by atoms with Gasteiger partial charge in [-0.15, -0.1) is 0 Å². The summed E-state index contributed by atoms with van der Waals surface area (Å²) in [6, 6.07) is 0.942. The Morgan fingerprint density at radius 2 is 2.26 bits per heavy atom. The van der Waals surface area contributed by atoms with Gasteiger partial charge in [-0.1, -0.05) is 0 Å². The maximum Gasteiger partial charge on any atom is 0.337 e. The molecule has 1 aromatic rings. The highest BCUT2D eigenvalue weighted by Crippen LogP contribution is 2.23. The summed E-state index contributed by atoms with van der Waals surface area (Å²) < 4.78 is 0. The molecule has 0 radical (unpaired) electrons. The molecule has 19 heavy (non-hydrogen) atoms. The molecule has 0 aliphatic carbocycles. The molecule has 0 aromatic carbocycles. The second kappa shape index (κ2) is 6.10. The van der Waals surface area contributed by atoms with E-state index in [4.69, 9.17) is 5.11 Å². The van der Waals surface area contributed by atoms with Crippen LogP contribution in [0.1, 0.15) is 17.3 Å². The second-order valence-electron chi connectivity index (χ2n) is 4.46. The van der Waals surface area contributed by atoms with Gasteiger partial charge in [0.15, 0.2) is 0 Å². The van der Waals surface area contributed by atoms with Crippen molar-refractivity contribution in [1.82, 2.24) is 9.88 Å². The van der Waals surface area contributed by atoms with Gasteiger partial charge in [-0.05, 0) is 21.0 Å². The molecule has 0 aliphatic heterocycles. The van der Waals surface area contributed by atoms with Crippen molar-refractivity contribution >= 4 is 17.5 Å². The van der Waals surface area contributed by atoms with Gasteiger partial charge >= 0.3 is 11.7 Å². The topological polar surface area (TPSA) is 109 Å². The van der Waals surface area contributed by atoms with E-state index in [1.165, 1.54) is 0 Å². The molecule has 0 fully saturated rings. The Balaban J connectivity index is 3.00. The van der Waals surface area contributed by atoms with Gasteiger partial charge in [0.2, 0.25) is 5.82 Å². The van der Waals surface area contributed by atoms with Crippen LogP contribution >= 0.6 is 0 Å². The molecule has 1 unspecified atom stereocenters. The molecule has 0 spiro atoms. The molecule has 0 aliphatic rings. The molecule has 2 N–H and O–H groups in total. The van der Waals surface area contributed by atoms with Gasteiger partial charge in [-0.25, -0.2) is 9.78 Å². The molecule has 8 nitrogen and oxygen atoms in total. The Labute approximate surface area is 110 Å². The number of carboxylic acid groups (broad SMARTS) is 1. The SMILES string of the molecule is CC(CN(C)C)Nc1ncc(C(=O)O)cc1[N+](=O)[O-]. The van der Waals surface area contributed by atoms with Crippen LogP contribution in [0.5, 0.6) is 0 Å². The van der Waals surface area contributed by atoms with Crippen molar-refractivity contribution in [2.45, 2.75) is 13.0 Å². The summed E-state index contributed by atoms with van der Waals surface area (Å²) in [5.41, 5.74) is -0.553.